The number of hydrogen-bond donors (Lipinski definition) is 1. The predicted molar refractivity (Wildman–Crippen MR) is 68.2 cm³/mol. The number of aliphatic hydroxyl groups excluding tert-OH is 1. The van der Waals surface area contributed by atoms with E-state index in [2.05, 4.69) is 25.1 Å². The quantitative estimate of drug-likeness (QED) is 0.743. The minimum atomic E-state index is -0.456. The van der Waals surface area contributed by atoms with Gasteiger partial charge in [-0.05, 0) is 56.8 Å². The number of nitriles is 1. The van der Waals surface area contributed by atoms with Crippen molar-refractivity contribution in [3.05, 3.63) is 12.2 Å². The third-order valence-electron chi connectivity index (χ3n) is 4.71. The van der Waals surface area contributed by atoms with Crippen LogP contribution in [0.15, 0.2) is 12.2 Å². The van der Waals surface area contributed by atoms with Crippen LogP contribution >= 0.6 is 0 Å². The Balaban J connectivity index is 2.07. The van der Waals surface area contributed by atoms with Crippen molar-refractivity contribution in [2.45, 2.75) is 58.0 Å². The molecular formula is C15H23NO. The molecular weight excluding hydrogens is 210 g/mol. The van der Waals surface area contributed by atoms with Crippen LogP contribution < -0.4 is 0 Å². The molecule has 1 saturated carbocycles. The summed E-state index contributed by atoms with van der Waals surface area (Å²) in [6, 6.07) is 2.46. The monoisotopic (exact) mass is 233 g/mol. The highest BCUT2D eigenvalue weighted by Crippen LogP contribution is 2.44. The van der Waals surface area contributed by atoms with Gasteiger partial charge in [0.05, 0.1) is 17.6 Å². The molecule has 2 nitrogen and oxygen atoms in total. The Labute approximate surface area is 104 Å². The highest BCUT2D eigenvalue weighted by molar-refractivity contribution is 5.08. The second-order valence-electron chi connectivity index (χ2n) is 5.94. The first kappa shape index (κ1) is 12.6. The van der Waals surface area contributed by atoms with E-state index in [0.717, 1.165) is 50.9 Å². The van der Waals surface area contributed by atoms with Crippen LogP contribution in [0, 0.1) is 28.6 Å². The summed E-state index contributed by atoms with van der Waals surface area (Å²) < 4.78 is 0. The van der Waals surface area contributed by atoms with E-state index >= 15 is 0 Å². The van der Waals surface area contributed by atoms with Crippen molar-refractivity contribution in [1.29, 1.82) is 5.26 Å². The third-order valence-corrected chi connectivity index (χ3v) is 4.71. The van der Waals surface area contributed by atoms with Crippen LogP contribution in [0.5, 0.6) is 0 Å². The van der Waals surface area contributed by atoms with Gasteiger partial charge in [0, 0.05) is 0 Å². The van der Waals surface area contributed by atoms with Crippen molar-refractivity contribution in [3.8, 4) is 6.07 Å². The number of rotatable bonds is 2. The van der Waals surface area contributed by atoms with Crippen molar-refractivity contribution >= 4 is 0 Å². The molecule has 2 unspecified atom stereocenters. The summed E-state index contributed by atoms with van der Waals surface area (Å²) in [5, 5.41) is 20.1. The lowest BCUT2D eigenvalue weighted by atomic mass is 9.64. The standard InChI is InChI=1S/C15H23NO/c1-12-7-9-15(11-16,10-8-12)14(17)13-5-3-2-4-6-13/h2-3,12-14,17H,4-10H2,1H3. The molecule has 1 N–H and O–H groups in total. The molecule has 0 aromatic heterocycles. The smallest absolute Gasteiger partial charge is 0.0835 e. The first-order valence-corrected chi connectivity index (χ1v) is 6.92. The van der Waals surface area contributed by atoms with Crippen molar-refractivity contribution in [1.82, 2.24) is 0 Å². The van der Waals surface area contributed by atoms with Crippen LogP contribution in [-0.2, 0) is 0 Å². The molecule has 0 aromatic carbocycles. The Morgan fingerprint density at radius 1 is 1.29 bits per heavy atom. The van der Waals surface area contributed by atoms with Gasteiger partial charge in [0.1, 0.15) is 0 Å². The summed E-state index contributed by atoms with van der Waals surface area (Å²) >= 11 is 0. The largest absolute Gasteiger partial charge is 0.391 e. The Kier molecular flexibility index (Phi) is 3.89. The molecule has 17 heavy (non-hydrogen) atoms. The summed E-state index contributed by atoms with van der Waals surface area (Å²) in [5.74, 6) is 1.02. The number of allylic oxidation sites excluding steroid dienone is 2. The predicted octanol–water partition coefficient (Wildman–Crippen LogP) is 3.42. The number of nitrogens with zero attached hydrogens (tertiary/aromatic N) is 1. The van der Waals surface area contributed by atoms with E-state index in [1.54, 1.807) is 0 Å². The maximum atomic E-state index is 10.6. The lowest BCUT2D eigenvalue weighted by Crippen LogP contribution is -2.42. The highest BCUT2D eigenvalue weighted by atomic mass is 16.3. The molecule has 0 bridgehead atoms. The fourth-order valence-corrected chi connectivity index (χ4v) is 3.31. The van der Waals surface area contributed by atoms with Gasteiger partial charge in [-0.15, -0.1) is 0 Å². The minimum absolute atomic E-state index is 0.299. The molecule has 94 valence electrons. The molecule has 0 amide bonds. The fourth-order valence-electron chi connectivity index (χ4n) is 3.31. The van der Waals surface area contributed by atoms with Crippen LogP contribution in [0.1, 0.15) is 51.9 Å². The summed E-state index contributed by atoms with van der Waals surface area (Å²) in [4.78, 5) is 0. The average molecular weight is 233 g/mol. The maximum absolute atomic E-state index is 10.6. The Hall–Kier alpha value is -0.810. The number of aliphatic hydroxyl groups is 1. The van der Waals surface area contributed by atoms with Gasteiger partial charge in [-0.1, -0.05) is 19.1 Å². The minimum Gasteiger partial charge on any atom is -0.391 e. The maximum Gasteiger partial charge on any atom is 0.0835 e. The Morgan fingerprint density at radius 2 is 2.00 bits per heavy atom. The Morgan fingerprint density at radius 3 is 2.53 bits per heavy atom. The van der Waals surface area contributed by atoms with Gasteiger partial charge in [0.15, 0.2) is 0 Å². The molecule has 2 aliphatic carbocycles. The first-order chi connectivity index (χ1) is 8.18. The topological polar surface area (TPSA) is 44.0 Å². The van der Waals surface area contributed by atoms with E-state index in [1.807, 2.05) is 0 Å². The van der Waals surface area contributed by atoms with Crippen molar-refractivity contribution in [3.63, 3.8) is 0 Å². The van der Waals surface area contributed by atoms with Crippen LogP contribution in [-0.4, -0.2) is 11.2 Å². The molecule has 0 spiro atoms. The van der Waals surface area contributed by atoms with Gasteiger partial charge < -0.3 is 5.11 Å². The summed E-state index contributed by atoms with van der Waals surface area (Å²) in [5.41, 5.74) is -0.456. The van der Waals surface area contributed by atoms with Gasteiger partial charge in [-0.2, -0.15) is 5.26 Å². The van der Waals surface area contributed by atoms with Crippen LogP contribution in [0.25, 0.3) is 0 Å². The van der Waals surface area contributed by atoms with Crippen molar-refractivity contribution in [2.24, 2.45) is 17.3 Å². The molecule has 1 fully saturated rings. The fraction of sp³-hybridized carbons (Fsp3) is 0.800. The molecule has 2 aliphatic rings. The molecule has 0 aromatic rings. The first-order valence-electron chi connectivity index (χ1n) is 6.92. The molecule has 0 heterocycles. The zero-order chi connectivity index (χ0) is 12.3. The summed E-state index contributed by atoms with van der Waals surface area (Å²) in [6.45, 7) is 2.25. The van der Waals surface area contributed by atoms with Gasteiger partial charge in [0.25, 0.3) is 0 Å². The van der Waals surface area contributed by atoms with Gasteiger partial charge in [0.2, 0.25) is 0 Å². The van der Waals surface area contributed by atoms with E-state index in [1.165, 1.54) is 0 Å². The third kappa shape index (κ3) is 2.55. The summed E-state index contributed by atoms with van der Waals surface area (Å²) in [7, 11) is 0. The van der Waals surface area contributed by atoms with Gasteiger partial charge in [-0.3, -0.25) is 0 Å². The molecule has 0 aliphatic heterocycles. The lowest BCUT2D eigenvalue weighted by molar-refractivity contribution is -0.0167. The SMILES string of the molecule is CC1CCC(C#N)(C(O)C2CC=CCC2)CC1. The Bertz CT molecular complexity index is 320. The van der Waals surface area contributed by atoms with E-state index in [-0.39, 0.29) is 0 Å². The normalized spacial score (nSPS) is 39.6. The summed E-state index contributed by atoms with van der Waals surface area (Å²) in [6.07, 6.45) is 10.9. The second-order valence-corrected chi connectivity index (χ2v) is 5.94. The van der Waals surface area contributed by atoms with Crippen molar-refractivity contribution in [2.75, 3.05) is 0 Å². The van der Waals surface area contributed by atoms with Gasteiger partial charge >= 0.3 is 0 Å². The number of hydrogen-bond acceptors (Lipinski definition) is 2. The van der Waals surface area contributed by atoms with Crippen molar-refractivity contribution < 1.29 is 5.11 Å². The van der Waals surface area contributed by atoms with E-state index in [9.17, 15) is 10.4 Å². The van der Waals surface area contributed by atoms with E-state index in [0.29, 0.717) is 5.92 Å². The molecule has 0 saturated heterocycles. The van der Waals surface area contributed by atoms with Crippen LogP contribution in [0.3, 0.4) is 0 Å². The van der Waals surface area contributed by atoms with Crippen LogP contribution in [0.4, 0.5) is 0 Å². The lowest BCUT2D eigenvalue weighted by Gasteiger charge is -2.41. The zero-order valence-corrected chi connectivity index (χ0v) is 10.7. The molecule has 2 atom stereocenters. The second kappa shape index (κ2) is 5.23. The van der Waals surface area contributed by atoms with Gasteiger partial charge in [-0.25, -0.2) is 0 Å². The molecule has 2 rings (SSSR count). The zero-order valence-electron chi connectivity index (χ0n) is 10.7. The van der Waals surface area contributed by atoms with Crippen LogP contribution in [0.2, 0.25) is 0 Å². The average Bonchev–Trinajstić information content (AvgIpc) is 2.40. The highest BCUT2D eigenvalue weighted by Gasteiger charge is 2.43. The van der Waals surface area contributed by atoms with E-state index < -0.39 is 11.5 Å². The molecule has 2 heteroatoms. The molecule has 0 radical (unpaired) electrons. The van der Waals surface area contributed by atoms with E-state index in [4.69, 9.17) is 0 Å².